The number of ether oxygens (including phenoxy) is 1. The van der Waals surface area contributed by atoms with Crippen LogP contribution in [0.1, 0.15) is 45.4 Å². The van der Waals surface area contributed by atoms with Gasteiger partial charge in [0, 0.05) is 13.2 Å². The van der Waals surface area contributed by atoms with E-state index in [1.807, 2.05) is 0 Å². The van der Waals surface area contributed by atoms with Gasteiger partial charge in [-0.1, -0.05) is 0 Å². The summed E-state index contributed by atoms with van der Waals surface area (Å²) in [5, 5.41) is 6.54. The lowest BCUT2D eigenvalue weighted by Gasteiger charge is -2.40. The van der Waals surface area contributed by atoms with Crippen LogP contribution in [0.5, 0.6) is 0 Å². The fourth-order valence-corrected chi connectivity index (χ4v) is 3.05. The Bertz CT molecular complexity index is 278. The molecule has 18 heavy (non-hydrogen) atoms. The molecule has 2 unspecified atom stereocenters. The van der Waals surface area contributed by atoms with Crippen molar-refractivity contribution in [2.24, 2.45) is 5.92 Å². The van der Waals surface area contributed by atoms with E-state index in [2.05, 4.69) is 17.6 Å². The van der Waals surface area contributed by atoms with Gasteiger partial charge in [0.25, 0.3) is 0 Å². The summed E-state index contributed by atoms with van der Waals surface area (Å²) < 4.78 is 5.50. The highest BCUT2D eigenvalue weighted by Gasteiger charge is 2.39. The Labute approximate surface area is 110 Å². The van der Waals surface area contributed by atoms with E-state index < -0.39 is 0 Å². The second-order valence-electron chi connectivity index (χ2n) is 5.88. The molecule has 0 aromatic carbocycles. The molecule has 2 rings (SSSR count). The van der Waals surface area contributed by atoms with Gasteiger partial charge in [0.1, 0.15) is 0 Å². The number of methoxy groups -OCH3 is 1. The van der Waals surface area contributed by atoms with Crippen molar-refractivity contribution in [1.82, 2.24) is 10.6 Å². The number of hydrogen-bond donors (Lipinski definition) is 2. The Balaban J connectivity index is 1.76. The standard InChI is InChI=1S/C14H26N2O2/c1-11(12-5-3-8-15-10-12)16-13(17)9-14(18-2)6-4-7-14/h11-12,15H,3-10H2,1-2H3,(H,16,17). The lowest BCUT2D eigenvalue weighted by atomic mass is 9.77. The first kappa shape index (κ1) is 13.8. The van der Waals surface area contributed by atoms with Gasteiger partial charge in [-0.05, 0) is 58.0 Å². The first-order valence-corrected chi connectivity index (χ1v) is 7.20. The minimum absolute atomic E-state index is 0.148. The van der Waals surface area contributed by atoms with Crippen LogP contribution in [0.15, 0.2) is 0 Å². The Morgan fingerprint density at radius 2 is 2.28 bits per heavy atom. The maximum Gasteiger partial charge on any atom is 0.223 e. The van der Waals surface area contributed by atoms with Gasteiger partial charge in [0.15, 0.2) is 0 Å². The zero-order chi connectivity index (χ0) is 13.0. The molecule has 104 valence electrons. The first-order valence-electron chi connectivity index (χ1n) is 7.20. The third-order valence-corrected chi connectivity index (χ3v) is 4.61. The molecule has 2 fully saturated rings. The molecular weight excluding hydrogens is 228 g/mol. The molecular formula is C14H26N2O2. The average Bonchev–Trinajstić information content (AvgIpc) is 2.35. The van der Waals surface area contributed by atoms with E-state index in [-0.39, 0.29) is 17.6 Å². The van der Waals surface area contributed by atoms with Crippen molar-refractivity contribution in [3.8, 4) is 0 Å². The number of piperidine rings is 1. The Kier molecular flexibility index (Phi) is 4.62. The SMILES string of the molecule is COC1(CC(=O)NC(C)C2CCCNC2)CCC1. The molecule has 0 aromatic rings. The number of hydrogen-bond acceptors (Lipinski definition) is 3. The Morgan fingerprint density at radius 1 is 1.50 bits per heavy atom. The number of amides is 1. The second kappa shape index (κ2) is 6.02. The van der Waals surface area contributed by atoms with Crippen LogP contribution in [0.25, 0.3) is 0 Å². The van der Waals surface area contributed by atoms with Crippen molar-refractivity contribution in [3.05, 3.63) is 0 Å². The Morgan fingerprint density at radius 3 is 2.78 bits per heavy atom. The van der Waals surface area contributed by atoms with Gasteiger partial charge < -0.3 is 15.4 Å². The van der Waals surface area contributed by atoms with E-state index in [0.717, 1.165) is 25.9 Å². The van der Waals surface area contributed by atoms with Crippen LogP contribution in [0.3, 0.4) is 0 Å². The van der Waals surface area contributed by atoms with E-state index in [1.54, 1.807) is 7.11 Å². The van der Waals surface area contributed by atoms with Crippen LogP contribution in [0.4, 0.5) is 0 Å². The molecule has 2 aliphatic rings. The molecule has 2 N–H and O–H groups in total. The molecule has 0 aromatic heterocycles. The molecule has 4 heteroatoms. The van der Waals surface area contributed by atoms with Crippen molar-refractivity contribution >= 4 is 5.91 Å². The van der Waals surface area contributed by atoms with Gasteiger partial charge in [0.05, 0.1) is 12.0 Å². The van der Waals surface area contributed by atoms with Crippen LogP contribution >= 0.6 is 0 Å². The van der Waals surface area contributed by atoms with Crippen LogP contribution in [-0.2, 0) is 9.53 Å². The quantitative estimate of drug-likeness (QED) is 0.781. The summed E-state index contributed by atoms with van der Waals surface area (Å²) in [4.78, 5) is 12.1. The first-order chi connectivity index (χ1) is 8.65. The van der Waals surface area contributed by atoms with Crippen LogP contribution < -0.4 is 10.6 Å². The monoisotopic (exact) mass is 254 g/mol. The highest BCUT2D eigenvalue weighted by atomic mass is 16.5. The molecule has 0 spiro atoms. The lowest BCUT2D eigenvalue weighted by molar-refractivity contribution is -0.135. The minimum Gasteiger partial charge on any atom is -0.378 e. The molecule has 1 aliphatic carbocycles. The zero-order valence-corrected chi connectivity index (χ0v) is 11.6. The molecule has 1 saturated carbocycles. The molecule has 0 radical (unpaired) electrons. The van der Waals surface area contributed by atoms with Crippen molar-refractivity contribution in [1.29, 1.82) is 0 Å². The molecule has 1 aliphatic heterocycles. The molecule has 4 nitrogen and oxygen atoms in total. The van der Waals surface area contributed by atoms with E-state index in [0.29, 0.717) is 12.3 Å². The highest BCUT2D eigenvalue weighted by molar-refractivity contribution is 5.77. The predicted octanol–water partition coefficient (Wildman–Crippen LogP) is 1.45. The summed E-state index contributed by atoms with van der Waals surface area (Å²) in [5.74, 6) is 0.720. The van der Waals surface area contributed by atoms with Gasteiger partial charge in [-0.15, -0.1) is 0 Å². The van der Waals surface area contributed by atoms with E-state index in [9.17, 15) is 4.79 Å². The van der Waals surface area contributed by atoms with Crippen LogP contribution in [-0.4, -0.2) is 37.7 Å². The largest absolute Gasteiger partial charge is 0.378 e. The second-order valence-corrected chi connectivity index (χ2v) is 5.88. The van der Waals surface area contributed by atoms with Gasteiger partial charge in [0.2, 0.25) is 5.91 Å². The van der Waals surface area contributed by atoms with Crippen molar-refractivity contribution in [2.75, 3.05) is 20.2 Å². The molecule has 1 heterocycles. The highest BCUT2D eigenvalue weighted by Crippen LogP contribution is 2.37. The van der Waals surface area contributed by atoms with Gasteiger partial charge in [-0.25, -0.2) is 0 Å². The summed E-state index contributed by atoms with van der Waals surface area (Å²) in [7, 11) is 1.72. The lowest BCUT2D eigenvalue weighted by Crippen LogP contribution is -2.48. The zero-order valence-electron chi connectivity index (χ0n) is 11.6. The Hall–Kier alpha value is -0.610. The average molecular weight is 254 g/mol. The van der Waals surface area contributed by atoms with E-state index in [4.69, 9.17) is 4.74 Å². The van der Waals surface area contributed by atoms with Crippen molar-refractivity contribution < 1.29 is 9.53 Å². The maximum absolute atomic E-state index is 12.1. The van der Waals surface area contributed by atoms with E-state index in [1.165, 1.54) is 19.3 Å². The number of rotatable bonds is 5. The van der Waals surface area contributed by atoms with Crippen molar-refractivity contribution in [2.45, 2.75) is 57.1 Å². The topological polar surface area (TPSA) is 50.4 Å². The summed E-state index contributed by atoms with van der Waals surface area (Å²) >= 11 is 0. The molecule has 0 bridgehead atoms. The van der Waals surface area contributed by atoms with Gasteiger partial charge in [-0.3, -0.25) is 4.79 Å². The smallest absolute Gasteiger partial charge is 0.223 e. The van der Waals surface area contributed by atoms with Crippen LogP contribution in [0, 0.1) is 5.92 Å². The summed E-state index contributed by atoms with van der Waals surface area (Å²) in [6.45, 7) is 4.26. The fraction of sp³-hybridized carbons (Fsp3) is 0.929. The molecule has 1 saturated heterocycles. The summed E-state index contributed by atoms with van der Waals surface area (Å²) in [5.41, 5.74) is -0.158. The van der Waals surface area contributed by atoms with Gasteiger partial charge >= 0.3 is 0 Å². The van der Waals surface area contributed by atoms with Crippen molar-refractivity contribution in [3.63, 3.8) is 0 Å². The fourth-order valence-electron chi connectivity index (χ4n) is 3.05. The minimum atomic E-state index is -0.158. The number of nitrogens with one attached hydrogen (secondary N) is 2. The summed E-state index contributed by atoms with van der Waals surface area (Å²) in [6, 6.07) is 0.263. The van der Waals surface area contributed by atoms with Gasteiger partial charge in [-0.2, -0.15) is 0 Å². The summed E-state index contributed by atoms with van der Waals surface area (Å²) in [6.07, 6.45) is 6.18. The molecule has 1 amide bonds. The predicted molar refractivity (Wildman–Crippen MR) is 71.4 cm³/mol. The number of carbonyl (C=O) groups is 1. The van der Waals surface area contributed by atoms with E-state index >= 15 is 0 Å². The molecule has 2 atom stereocenters. The number of carbonyl (C=O) groups excluding carboxylic acids is 1. The third kappa shape index (κ3) is 3.23. The third-order valence-electron chi connectivity index (χ3n) is 4.61. The van der Waals surface area contributed by atoms with Crippen LogP contribution in [0.2, 0.25) is 0 Å². The maximum atomic E-state index is 12.1. The normalized spacial score (nSPS) is 28.2.